The standard InChI is InChI=1S/C56H80N8O8S4/c1-53(2,3)33-21-39-50(70-30-46(66)62-18-14-58)41(23-33)75-43-25-35(55(7,8)9)26-44(52(43)72-32-48(68)64-20-16-60)76-42-24-34(54(4,5)6)22-40(51(42)71-31-47(67)63-19-15-59)74-38-28-36(69-29-45(65)61-17-13-57)27-37(73-39)49(38)56(10,11)12/h21-28H,13-20,29-32,57-60H2,1-12H3,(H,61,65)(H,62,66)(H,63,67)(H,64,68). The lowest BCUT2D eigenvalue weighted by Gasteiger charge is -2.30. The molecule has 0 aromatic heterocycles. The second-order valence-electron chi connectivity index (χ2n) is 22.3. The van der Waals surface area contributed by atoms with Crippen LogP contribution in [0.15, 0.2) is 87.7 Å². The maximum atomic E-state index is 13.5. The molecule has 5 rings (SSSR count). The topological polar surface area (TPSA) is 257 Å². The Morgan fingerprint density at radius 3 is 0.829 bits per heavy atom. The second-order valence-corrected chi connectivity index (χ2v) is 26.7. The van der Waals surface area contributed by atoms with E-state index in [9.17, 15) is 19.2 Å². The summed E-state index contributed by atoms with van der Waals surface area (Å²) in [7, 11) is 0. The van der Waals surface area contributed by atoms with E-state index < -0.39 is 5.41 Å². The van der Waals surface area contributed by atoms with E-state index in [2.05, 4.69) is 141 Å². The number of hydrogen-bond donors (Lipinski definition) is 8. The first kappa shape index (κ1) is 62.0. The van der Waals surface area contributed by atoms with E-state index in [0.29, 0.717) is 58.9 Å². The fourth-order valence-electron chi connectivity index (χ4n) is 7.55. The molecule has 0 aliphatic carbocycles. The van der Waals surface area contributed by atoms with Crippen LogP contribution in [0.25, 0.3) is 0 Å². The number of fused-ring (bicyclic) bond motifs is 8. The Labute approximate surface area is 466 Å². The number of nitrogens with two attached hydrogens (primary N) is 4. The van der Waals surface area contributed by atoms with Gasteiger partial charge in [0.25, 0.3) is 23.6 Å². The van der Waals surface area contributed by atoms with Gasteiger partial charge in [-0.15, -0.1) is 0 Å². The van der Waals surface area contributed by atoms with Gasteiger partial charge in [-0.3, -0.25) is 19.2 Å². The summed E-state index contributed by atoms with van der Waals surface area (Å²) in [5, 5.41) is 11.3. The molecule has 0 unspecified atom stereocenters. The quantitative estimate of drug-likeness (QED) is 0.0373. The van der Waals surface area contributed by atoms with E-state index in [0.717, 1.165) is 32.0 Å². The molecule has 416 valence electrons. The van der Waals surface area contributed by atoms with Crippen molar-refractivity contribution in [1.29, 1.82) is 0 Å². The molecule has 76 heavy (non-hydrogen) atoms. The van der Waals surface area contributed by atoms with Crippen LogP contribution in [-0.4, -0.2) is 102 Å². The fourth-order valence-corrected chi connectivity index (χ4v) is 12.8. The van der Waals surface area contributed by atoms with Gasteiger partial charge in [-0.1, -0.05) is 130 Å². The van der Waals surface area contributed by atoms with E-state index in [1.165, 1.54) is 47.0 Å². The van der Waals surface area contributed by atoms with Gasteiger partial charge in [-0.05, 0) is 92.4 Å². The Kier molecular flexibility index (Phi) is 22.2. The highest BCUT2D eigenvalue weighted by molar-refractivity contribution is 8.01. The van der Waals surface area contributed by atoms with Crippen LogP contribution in [0, 0.1) is 0 Å². The Morgan fingerprint density at radius 2 is 0.605 bits per heavy atom. The molecule has 16 nitrogen and oxygen atoms in total. The first-order chi connectivity index (χ1) is 35.7. The van der Waals surface area contributed by atoms with Crippen molar-refractivity contribution in [2.45, 2.75) is 144 Å². The third kappa shape index (κ3) is 17.6. The van der Waals surface area contributed by atoms with Gasteiger partial charge in [-0.25, -0.2) is 0 Å². The number of hydrogen-bond acceptors (Lipinski definition) is 16. The highest BCUT2D eigenvalue weighted by Crippen LogP contribution is 2.56. The van der Waals surface area contributed by atoms with E-state index in [-0.39, 0.29) is 112 Å². The molecule has 1 heterocycles. The van der Waals surface area contributed by atoms with Gasteiger partial charge < -0.3 is 63.1 Å². The summed E-state index contributed by atoms with van der Waals surface area (Å²) in [5.74, 6) is 0.393. The third-order valence-electron chi connectivity index (χ3n) is 11.6. The van der Waals surface area contributed by atoms with Crippen LogP contribution in [0.4, 0.5) is 0 Å². The molecule has 12 N–H and O–H groups in total. The van der Waals surface area contributed by atoms with Gasteiger partial charge in [-0.2, -0.15) is 0 Å². The summed E-state index contributed by atoms with van der Waals surface area (Å²) < 4.78 is 26.5. The largest absolute Gasteiger partial charge is 0.484 e. The average molecular weight is 1120 g/mol. The van der Waals surface area contributed by atoms with E-state index in [1.54, 1.807) is 0 Å². The molecule has 8 bridgehead atoms. The molecule has 0 atom stereocenters. The van der Waals surface area contributed by atoms with Crippen molar-refractivity contribution in [3.63, 3.8) is 0 Å². The molecule has 4 aromatic carbocycles. The first-order valence-corrected chi connectivity index (χ1v) is 28.8. The Bertz CT molecular complexity index is 2570. The van der Waals surface area contributed by atoms with Crippen LogP contribution in [0.2, 0.25) is 0 Å². The normalized spacial score (nSPS) is 12.8. The van der Waals surface area contributed by atoms with Gasteiger partial charge in [0, 0.05) is 62.1 Å². The zero-order chi connectivity index (χ0) is 56.2. The molecule has 0 radical (unpaired) electrons. The number of rotatable bonds is 20. The van der Waals surface area contributed by atoms with Crippen LogP contribution in [0.1, 0.15) is 105 Å². The molecular formula is C56H80N8O8S4. The molecule has 0 saturated carbocycles. The molecule has 1 aliphatic rings. The summed E-state index contributed by atoms with van der Waals surface area (Å²) in [4.78, 5) is 59.2. The molecule has 0 spiro atoms. The lowest BCUT2D eigenvalue weighted by atomic mass is 9.87. The average Bonchev–Trinajstić information content (AvgIpc) is 3.32. The van der Waals surface area contributed by atoms with Gasteiger partial charge >= 0.3 is 0 Å². The number of carbonyl (C=O) groups excluding carboxylic acids is 4. The molecule has 4 amide bonds. The summed E-state index contributed by atoms with van der Waals surface area (Å²) in [5.41, 5.74) is 25.4. The summed E-state index contributed by atoms with van der Waals surface area (Å²) in [6.45, 7) is 26.6. The zero-order valence-electron chi connectivity index (χ0n) is 46.3. The van der Waals surface area contributed by atoms with Crippen molar-refractivity contribution in [3.8, 4) is 23.0 Å². The van der Waals surface area contributed by atoms with Crippen LogP contribution in [0.5, 0.6) is 23.0 Å². The lowest BCUT2D eigenvalue weighted by molar-refractivity contribution is -0.123. The van der Waals surface area contributed by atoms with Crippen molar-refractivity contribution in [2.75, 3.05) is 78.8 Å². The molecule has 1 aliphatic heterocycles. The van der Waals surface area contributed by atoms with Gasteiger partial charge in [0.1, 0.15) is 23.0 Å². The molecular weight excluding hydrogens is 1040 g/mol. The fraction of sp³-hybridized carbons (Fsp3) is 0.500. The summed E-state index contributed by atoms with van der Waals surface area (Å²) >= 11 is 5.76. The van der Waals surface area contributed by atoms with Crippen molar-refractivity contribution < 1.29 is 38.1 Å². The van der Waals surface area contributed by atoms with Crippen LogP contribution >= 0.6 is 47.0 Å². The third-order valence-corrected chi connectivity index (χ3v) is 15.8. The van der Waals surface area contributed by atoms with Gasteiger partial charge in [0.15, 0.2) is 26.4 Å². The SMILES string of the molecule is CC(C)(C)c1cc2c(OCC(=O)NCCN)c(c1)Sc1cc(C(C)(C)C)cc(c1OCC(=O)NCCN)Sc1cc(OCC(=O)NCCN)cc(c1C(C)(C)C)Sc1cc(C(C)(C)C)cc(c1OCC(=O)NCCN)S2. The predicted octanol–water partition coefficient (Wildman–Crippen LogP) is 7.61. The van der Waals surface area contributed by atoms with Crippen LogP contribution in [-0.2, 0) is 40.8 Å². The van der Waals surface area contributed by atoms with Crippen molar-refractivity contribution >= 4 is 70.7 Å². The van der Waals surface area contributed by atoms with Crippen molar-refractivity contribution in [2.24, 2.45) is 22.9 Å². The maximum Gasteiger partial charge on any atom is 0.257 e. The zero-order valence-corrected chi connectivity index (χ0v) is 49.6. The number of ether oxygens (including phenoxy) is 4. The van der Waals surface area contributed by atoms with E-state index in [1.807, 2.05) is 12.1 Å². The first-order valence-electron chi connectivity index (χ1n) is 25.5. The molecule has 20 heteroatoms. The Balaban J connectivity index is 2.01. The number of benzene rings is 4. The van der Waals surface area contributed by atoms with Crippen molar-refractivity contribution in [1.82, 2.24) is 21.3 Å². The summed E-state index contributed by atoms with van der Waals surface area (Å²) in [6.07, 6.45) is 0. The number of nitrogens with one attached hydrogen (secondary N) is 4. The highest BCUT2D eigenvalue weighted by Gasteiger charge is 2.32. The smallest absolute Gasteiger partial charge is 0.257 e. The Morgan fingerprint density at radius 1 is 0.368 bits per heavy atom. The minimum Gasteiger partial charge on any atom is -0.484 e. The van der Waals surface area contributed by atoms with Crippen molar-refractivity contribution in [3.05, 3.63) is 70.8 Å². The van der Waals surface area contributed by atoms with Gasteiger partial charge in [0.2, 0.25) is 0 Å². The number of carbonyl (C=O) groups is 4. The monoisotopic (exact) mass is 1120 g/mol. The molecule has 0 saturated heterocycles. The Hall–Kier alpha value is -4.80. The molecule has 0 fully saturated rings. The minimum atomic E-state index is -0.513. The number of amides is 4. The van der Waals surface area contributed by atoms with E-state index in [4.69, 9.17) is 41.9 Å². The van der Waals surface area contributed by atoms with Gasteiger partial charge in [0.05, 0.1) is 29.4 Å². The van der Waals surface area contributed by atoms with Crippen LogP contribution < -0.4 is 63.1 Å². The summed E-state index contributed by atoms with van der Waals surface area (Å²) in [6, 6.07) is 16.4. The predicted molar refractivity (Wildman–Crippen MR) is 307 cm³/mol. The molecule has 4 aromatic rings. The highest BCUT2D eigenvalue weighted by atomic mass is 32.2. The second kappa shape index (κ2) is 27.2. The lowest BCUT2D eigenvalue weighted by Crippen LogP contribution is -2.33. The van der Waals surface area contributed by atoms with Crippen LogP contribution in [0.3, 0.4) is 0 Å². The maximum absolute atomic E-state index is 13.5. The van der Waals surface area contributed by atoms with E-state index >= 15 is 0 Å². The minimum absolute atomic E-state index is 0.255.